The normalized spacial score (nSPS) is 23.3. The molecule has 178 valence electrons. The van der Waals surface area contributed by atoms with Crippen molar-refractivity contribution in [2.75, 3.05) is 39.0 Å². The van der Waals surface area contributed by atoms with Crippen LogP contribution in [0.4, 0.5) is 9.52 Å². The van der Waals surface area contributed by atoms with E-state index >= 15 is 4.39 Å². The average molecular weight is 494 g/mol. The Morgan fingerprint density at radius 3 is 2.70 bits per heavy atom. The molecule has 0 aromatic carbocycles. The fourth-order valence-electron chi connectivity index (χ4n) is 5.01. The van der Waals surface area contributed by atoms with Crippen LogP contribution in [0.3, 0.4) is 0 Å². The van der Waals surface area contributed by atoms with Gasteiger partial charge in [-0.05, 0) is 11.4 Å². The molecule has 0 bridgehead atoms. The molecule has 0 atom stereocenters. The number of nitrogens with two attached hydrogens (primary N) is 1. The fourth-order valence-corrected chi connectivity index (χ4v) is 6.36. The van der Waals surface area contributed by atoms with Gasteiger partial charge in [0, 0.05) is 70.2 Å². The summed E-state index contributed by atoms with van der Waals surface area (Å²) < 4.78 is 22.1. The number of ether oxygens (including phenoxy) is 1. The molecule has 8 nitrogen and oxygen atoms in total. The van der Waals surface area contributed by atoms with Gasteiger partial charge in [-0.2, -0.15) is 0 Å². The molecular formula is C22H28FN5O3S2. The van der Waals surface area contributed by atoms with E-state index in [9.17, 15) is 4.79 Å². The number of nitrogen functional groups attached to an aromatic ring is 1. The van der Waals surface area contributed by atoms with E-state index in [0.29, 0.717) is 57.1 Å². The maximum absolute atomic E-state index is 15.7. The van der Waals surface area contributed by atoms with Crippen molar-refractivity contribution >= 4 is 39.4 Å². The van der Waals surface area contributed by atoms with Crippen LogP contribution in [0.15, 0.2) is 22.0 Å². The van der Waals surface area contributed by atoms with Gasteiger partial charge in [-0.3, -0.25) is 9.69 Å². The van der Waals surface area contributed by atoms with Crippen LogP contribution in [0.1, 0.15) is 42.7 Å². The molecule has 3 aliphatic rings. The van der Waals surface area contributed by atoms with Gasteiger partial charge in [0.25, 0.3) is 5.91 Å². The average Bonchev–Trinajstić information content (AvgIpc) is 3.44. The highest BCUT2D eigenvalue weighted by Crippen LogP contribution is 2.42. The van der Waals surface area contributed by atoms with Gasteiger partial charge in [-0.25, -0.2) is 9.37 Å². The number of likely N-dealkylation sites (tertiary alicyclic amines) is 2. The third kappa shape index (κ3) is 4.45. The molecule has 0 radical (unpaired) electrons. The SMILES string of the molecule is CON=C1CC2(CCN(C(=O)C3(F)CCN(Cc4csc(N)n4)CC3)CC2)Oc2ccsc21. The van der Waals surface area contributed by atoms with Gasteiger partial charge in [0.05, 0.1) is 10.6 Å². The zero-order valence-corrected chi connectivity index (χ0v) is 20.2. The Morgan fingerprint density at radius 2 is 2.03 bits per heavy atom. The van der Waals surface area contributed by atoms with Crippen LogP contribution < -0.4 is 10.5 Å². The Balaban J connectivity index is 1.18. The van der Waals surface area contributed by atoms with Crippen molar-refractivity contribution in [3.8, 4) is 5.75 Å². The largest absolute Gasteiger partial charge is 0.485 e. The van der Waals surface area contributed by atoms with Crippen LogP contribution in [0.5, 0.6) is 5.75 Å². The maximum Gasteiger partial charge on any atom is 0.260 e. The molecule has 1 spiro atoms. The van der Waals surface area contributed by atoms with Gasteiger partial charge in [-0.1, -0.05) is 5.16 Å². The fraction of sp³-hybridized carbons (Fsp3) is 0.591. The lowest BCUT2D eigenvalue weighted by Crippen LogP contribution is -2.57. The number of carbonyl (C=O) groups excluding carboxylic acids is 1. The van der Waals surface area contributed by atoms with Crippen molar-refractivity contribution in [3.05, 3.63) is 27.4 Å². The third-order valence-electron chi connectivity index (χ3n) is 6.86. The summed E-state index contributed by atoms with van der Waals surface area (Å²) in [6, 6.07) is 1.95. The monoisotopic (exact) mass is 493 g/mol. The van der Waals surface area contributed by atoms with Crippen LogP contribution >= 0.6 is 22.7 Å². The summed E-state index contributed by atoms with van der Waals surface area (Å²) in [5.41, 5.74) is 5.24. The van der Waals surface area contributed by atoms with Crippen LogP contribution in [-0.4, -0.2) is 71.0 Å². The molecule has 2 aromatic rings. The van der Waals surface area contributed by atoms with Gasteiger partial charge in [0.2, 0.25) is 0 Å². The van der Waals surface area contributed by atoms with Crippen molar-refractivity contribution in [2.24, 2.45) is 5.16 Å². The van der Waals surface area contributed by atoms with Crippen LogP contribution in [0, 0.1) is 0 Å². The number of anilines is 1. The van der Waals surface area contributed by atoms with Crippen molar-refractivity contribution in [1.82, 2.24) is 14.8 Å². The van der Waals surface area contributed by atoms with Crippen LogP contribution in [-0.2, 0) is 16.2 Å². The number of amides is 1. The topological polar surface area (TPSA) is 93.3 Å². The molecule has 2 N–H and O–H groups in total. The Bertz CT molecular complexity index is 1040. The van der Waals surface area contributed by atoms with Crippen LogP contribution in [0.25, 0.3) is 0 Å². The van der Waals surface area contributed by atoms with Crippen molar-refractivity contribution in [2.45, 2.75) is 49.9 Å². The molecule has 3 aliphatic heterocycles. The number of carbonyl (C=O) groups is 1. The molecule has 2 aromatic heterocycles. The van der Waals surface area contributed by atoms with Crippen molar-refractivity contribution in [1.29, 1.82) is 0 Å². The minimum Gasteiger partial charge on any atom is -0.485 e. The Labute approximate surface area is 200 Å². The second-order valence-corrected chi connectivity index (χ2v) is 10.8. The first-order valence-electron chi connectivity index (χ1n) is 11.2. The van der Waals surface area contributed by atoms with Gasteiger partial charge >= 0.3 is 0 Å². The number of nitrogens with zero attached hydrogens (tertiary/aromatic N) is 4. The molecule has 5 heterocycles. The summed E-state index contributed by atoms with van der Waals surface area (Å²) in [6.45, 7) is 2.65. The van der Waals surface area contributed by atoms with Crippen LogP contribution in [0.2, 0.25) is 0 Å². The number of thiazole rings is 1. The summed E-state index contributed by atoms with van der Waals surface area (Å²) in [5, 5.41) is 8.66. The third-order valence-corrected chi connectivity index (χ3v) is 8.53. The Hall–Kier alpha value is -2.24. The first kappa shape index (κ1) is 22.5. The smallest absolute Gasteiger partial charge is 0.260 e. The highest BCUT2D eigenvalue weighted by atomic mass is 32.1. The molecule has 0 unspecified atom stereocenters. The second kappa shape index (κ2) is 8.84. The zero-order chi connectivity index (χ0) is 23.1. The Kier molecular flexibility index (Phi) is 6.04. The van der Waals surface area contributed by atoms with Gasteiger partial charge < -0.3 is 20.2 Å². The molecule has 2 saturated heterocycles. The number of thiophene rings is 1. The summed E-state index contributed by atoms with van der Waals surface area (Å²) in [7, 11) is 1.54. The number of alkyl halides is 1. The summed E-state index contributed by atoms with van der Waals surface area (Å²) in [4.78, 5) is 27.3. The van der Waals surface area contributed by atoms with E-state index in [1.54, 1.807) is 23.3 Å². The lowest BCUT2D eigenvalue weighted by molar-refractivity contribution is -0.151. The molecule has 5 rings (SSSR count). The standard InChI is InChI=1S/C22H28FN5O3S2/c1-30-26-16-12-21(31-17-2-11-32-18(16)17)3-9-28(10-4-21)19(29)22(23)5-7-27(8-6-22)13-15-14-33-20(24)25-15/h2,11,14H,3-10,12-13H2,1H3,(H2,24,25). The van der Waals surface area contributed by atoms with E-state index in [-0.39, 0.29) is 18.7 Å². The van der Waals surface area contributed by atoms with Crippen molar-refractivity contribution < 1.29 is 18.8 Å². The molecule has 33 heavy (non-hydrogen) atoms. The zero-order valence-electron chi connectivity index (χ0n) is 18.6. The molecular weight excluding hydrogens is 465 g/mol. The number of hydrogen-bond donors (Lipinski definition) is 1. The highest BCUT2D eigenvalue weighted by molar-refractivity contribution is 7.13. The predicted molar refractivity (Wildman–Crippen MR) is 127 cm³/mol. The first-order chi connectivity index (χ1) is 15.9. The minimum atomic E-state index is -1.81. The molecule has 0 aliphatic carbocycles. The van der Waals surface area contributed by atoms with E-state index in [1.807, 2.05) is 16.8 Å². The second-order valence-electron chi connectivity index (χ2n) is 9.01. The number of aromatic nitrogens is 1. The van der Waals surface area contributed by atoms with E-state index in [2.05, 4.69) is 15.0 Å². The Morgan fingerprint density at radius 1 is 1.27 bits per heavy atom. The van der Waals surface area contributed by atoms with Gasteiger partial charge in [0.1, 0.15) is 24.2 Å². The number of fused-ring (bicyclic) bond motifs is 1. The van der Waals surface area contributed by atoms with E-state index < -0.39 is 11.3 Å². The lowest BCUT2D eigenvalue weighted by atomic mass is 9.83. The lowest BCUT2D eigenvalue weighted by Gasteiger charge is -2.45. The number of piperidine rings is 2. The number of hydrogen-bond acceptors (Lipinski definition) is 9. The molecule has 2 fully saturated rings. The first-order valence-corrected chi connectivity index (χ1v) is 12.9. The predicted octanol–water partition coefficient (Wildman–Crippen LogP) is 3.29. The van der Waals surface area contributed by atoms with Gasteiger partial charge in [0.15, 0.2) is 10.8 Å². The number of halogens is 1. The van der Waals surface area contributed by atoms with Gasteiger partial charge in [-0.15, -0.1) is 22.7 Å². The number of oxime groups is 1. The van der Waals surface area contributed by atoms with Crippen molar-refractivity contribution in [3.63, 3.8) is 0 Å². The van der Waals surface area contributed by atoms with E-state index in [4.69, 9.17) is 15.3 Å². The summed E-state index contributed by atoms with van der Waals surface area (Å²) in [5.74, 6) is 0.436. The highest BCUT2D eigenvalue weighted by Gasteiger charge is 2.48. The quantitative estimate of drug-likeness (QED) is 0.657. The summed E-state index contributed by atoms with van der Waals surface area (Å²) >= 11 is 2.99. The maximum atomic E-state index is 15.7. The van der Waals surface area contributed by atoms with E-state index in [1.165, 1.54) is 11.3 Å². The number of rotatable bonds is 4. The summed E-state index contributed by atoms with van der Waals surface area (Å²) in [6.07, 6.45) is 2.32. The molecule has 1 amide bonds. The molecule has 0 saturated carbocycles. The minimum absolute atomic E-state index is 0.201. The molecule has 11 heteroatoms. The van der Waals surface area contributed by atoms with E-state index in [0.717, 1.165) is 22.0 Å².